The lowest BCUT2D eigenvalue weighted by molar-refractivity contribution is 0.0775. The zero-order valence-corrected chi connectivity index (χ0v) is 14.2. The number of methoxy groups -OCH3 is 1. The second-order valence-corrected chi connectivity index (χ2v) is 5.35. The lowest BCUT2D eigenvalue weighted by Gasteiger charge is -2.20. The molecule has 0 aliphatic rings. The average molecular weight is 333 g/mol. The van der Waals surface area contributed by atoms with E-state index in [9.17, 15) is 4.79 Å². The number of carbonyl (C=O) groups excluding carboxylic acids is 1. The second kappa shape index (κ2) is 8.30. The summed E-state index contributed by atoms with van der Waals surface area (Å²) in [5, 5.41) is 7.82. The predicted molar refractivity (Wildman–Crippen MR) is 89.0 cm³/mol. The van der Waals surface area contributed by atoms with Crippen LogP contribution in [0.5, 0.6) is 11.5 Å². The number of benzene rings is 1. The summed E-state index contributed by atoms with van der Waals surface area (Å²) in [6.45, 7) is 1.28. The molecule has 2 N–H and O–H groups in total. The van der Waals surface area contributed by atoms with Crippen molar-refractivity contribution in [3.05, 3.63) is 35.9 Å². The van der Waals surface area contributed by atoms with E-state index in [0.29, 0.717) is 49.0 Å². The van der Waals surface area contributed by atoms with Crippen molar-refractivity contribution in [1.82, 2.24) is 19.7 Å². The van der Waals surface area contributed by atoms with Crippen LogP contribution in [0, 0.1) is 0 Å². The van der Waals surface area contributed by atoms with Gasteiger partial charge in [-0.25, -0.2) is 0 Å². The van der Waals surface area contributed by atoms with Gasteiger partial charge >= 0.3 is 0 Å². The summed E-state index contributed by atoms with van der Waals surface area (Å²) in [6.07, 6.45) is 2.29. The summed E-state index contributed by atoms with van der Waals surface area (Å²) in [4.78, 5) is 14.4. The van der Waals surface area contributed by atoms with Crippen LogP contribution in [-0.2, 0) is 13.6 Å². The number of ether oxygens (including phenoxy) is 2. The van der Waals surface area contributed by atoms with Crippen LogP contribution in [0.3, 0.4) is 0 Å². The number of nitrogens with zero attached hydrogens (tertiary/aromatic N) is 4. The van der Waals surface area contributed by atoms with Crippen molar-refractivity contribution < 1.29 is 14.3 Å². The van der Waals surface area contributed by atoms with E-state index in [0.717, 1.165) is 0 Å². The third-order valence-electron chi connectivity index (χ3n) is 3.55. The van der Waals surface area contributed by atoms with E-state index in [2.05, 4.69) is 10.2 Å². The Hall–Kier alpha value is -2.61. The zero-order valence-electron chi connectivity index (χ0n) is 14.2. The molecule has 8 heteroatoms. The summed E-state index contributed by atoms with van der Waals surface area (Å²) < 4.78 is 12.8. The molecule has 0 spiro atoms. The van der Waals surface area contributed by atoms with Crippen molar-refractivity contribution in [2.24, 2.45) is 12.8 Å². The van der Waals surface area contributed by atoms with Crippen LogP contribution in [-0.4, -0.2) is 52.9 Å². The molecule has 0 fully saturated rings. The van der Waals surface area contributed by atoms with Gasteiger partial charge in [-0.2, -0.15) is 0 Å². The minimum atomic E-state index is -0.181. The molecule has 0 aliphatic heterocycles. The van der Waals surface area contributed by atoms with Gasteiger partial charge in [0.1, 0.15) is 6.33 Å². The molecule has 0 unspecified atom stereocenters. The summed E-state index contributed by atoms with van der Waals surface area (Å²) >= 11 is 0. The molecule has 0 bridgehead atoms. The van der Waals surface area contributed by atoms with E-state index in [-0.39, 0.29) is 5.91 Å². The maximum atomic E-state index is 12.8. The molecule has 1 aromatic carbocycles. The largest absolute Gasteiger partial charge is 0.493 e. The van der Waals surface area contributed by atoms with E-state index >= 15 is 0 Å². The first kappa shape index (κ1) is 17.7. The van der Waals surface area contributed by atoms with E-state index in [4.69, 9.17) is 15.2 Å². The smallest absolute Gasteiger partial charge is 0.257 e. The van der Waals surface area contributed by atoms with Crippen molar-refractivity contribution >= 4 is 5.91 Å². The number of rotatable bonds is 8. The monoisotopic (exact) mass is 333 g/mol. The Morgan fingerprint density at radius 2 is 2.21 bits per heavy atom. The SMILES string of the molecule is COc1cccc(C(=O)N(C)Cc2nncn2C)c1OCCCN. The highest BCUT2D eigenvalue weighted by Gasteiger charge is 2.21. The fourth-order valence-electron chi connectivity index (χ4n) is 2.19. The Morgan fingerprint density at radius 1 is 1.42 bits per heavy atom. The highest BCUT2D eigenvalue weighted by Crippen LogP contribution is 2.32. The minimum Gasteiger partial charge on any atom is -0.493 e. The van der Waals surface area contributed by atoms with E-state index < -0.39 is 0 Å². The van der Waals surface area contributed by atoms with E-state index in [1.54, 1.807) is 48.2 Å². The van der Waals surface area contributed by atoms with Gasteiger partial charge in [-0.05, 0) is 25.1 Å². The highest BCUT2D eigenvalue weighted by molar-refractivity contribution is 5.97. The van der Waals surface area contributed by atoms with Gasteiger partial charge < -0.3 is 24.7 Å². The fraction of sp³-hybridized carbons (Fsp3) is 0.438. The third-order valence-corrected chi connectivity index (χ3v) is 3.55. The zero-order chi connectivity index (χ0) is 17.5. The molecule has 0 aliphatic carbocycles. The molecule has 8 nitrogen and oxygen atoms in total. The predicted octanol–water partition coefficient (Wildman–Crippen LogP) is 0.824. The van der Waals surface area contributed by atoms with Crippen molar-refractivity contribution in [3.63, 3.8) is 0 Å². The molecule has 0 saturated carbocycles. The van der Waals surface area contributed by atoms with Gasteiger partial charge in [0, 0.05) is 14.1 Å². The number of nitrogens with two attached hydrogens (primary N) is 1. The van der Waals surface area contributed by atoms with Gasteiger partial charge in [0.05, 0.1) is 25.8 Å². The molecule has 0 saturated heterocycles. The van der Waals surface area contributed by atoms with Gasteiger partial charge in [-0.15, -0.1) is 10.2 Å². The van der Waals surface area contributed by atoms with Crippen LogP contribution in [0.2, 0.25) is 0 Å². The van der Waals surface area contributed by atoms with Crippen molar-refractivity contribution in [3.8, 4) is 11.5 Å². The van der Waals surface area contributed by atoms with Crippen LogP contribution in [0.25, 0.3) is 0 Å². The lowest BCUT2D eigenvalue weighted by atomic mass is 10.1. The van der Waals surface area contributed by atoms with Crippen molar-refractivity contribution in [1.29, 1.82) is 0 Å². The maximum Gasteiger partial charge on any atom is 0.257 e. The number of aryl methyl sites for hydroxylation is 1. The fourth-order valence-corrected chi connectivity index (χ4v) is 2.19. The summed E-state index contributed by atoms with van der Waals surface area (Å²) in [5.74, 6) is 1.46. The molecule has 2 aromatic rings. The minimum absolute atomic E-state index is 0.181. The Bertz CT molecular complexity index is 686. The number of carbonyl (C=O) groups is 1. The molecule has 0 atom stereocenters. The first-order chi connectivity index (χ1) is 11.6. The standard InChI is InChI=1S/C16H23N5O3/c1-20(10-14-19-18-11-21(14)2)16(22)12-6-4-7-13(23-3)15(12)24-9-5-8-17/h4,6-7,11H,5,8-10,17H2,1-3H3. The van der Waals surface area contributed by atoms with Gasteiger partial charge in [-0.1, -0.05) is 6.07 Å². The molecular formula is C16H23N5O3. The van der Waals surface area contributed by atoms with Gasteiger partial charge in [0.2, 0.25) is 0 Å². The van der Waals surface area contributed by atoms with Gasteiger partial charge in [0.25, 0.3) is 5.91 Å². The molecule has 24 heavy (non-hydrogen) atoms. The molecule has 0 radical (unpaired) electrons. The van der Waals surface area contributed by atoms with E-state index in [1.165, 1.54) is 0 Å². The number of aromatic nitrogens is 3. The summed E-state index contributed by atoms with van der Waals surface area (Å²) in [7, 11) is 5.09. The first-order valence-corrected chi connectivity index (χ1v) is 7.66. The Labute approximate surface area is 141 Å². The average Bonchev–Trinajstić information content (AvgIpc) is 2.99. The molecule has 2 rings (SSSR count). The highest BCUT2D eigenvalue weighted by atomic mass is 16.5. The number of para-hydroxylation sites is 1. The van der Waals surface area contributed by atoms with E-state index in [1.807, 2.05) is 7.05 Å². The quantitative estimate of drug-likeness (QED) is 0.719. The maximum absolute atomic E-state index is 12.8. The topological polar surface area (TPSA) is 95.5 Å². The van der Waals surface area contributed by atoms with Gasteiger partial charge in [-0.3, -0.25) is 4.79 Å². The van der Waals surface area contributed by atoms with Gasteiger partial charge in [0.15, 0.2) is 17.3 Å². The second-order valence-electron chi connectivity index (χ2n) is 5.35. The molecule has 1 aromatic heterocycles. The van der Waals surface area contributed by atoms with Crippen LogP contribution in [0.4, 0.5) is 0 Å². The van der Waals surface area contributed by atoms with Crippen LogP contribution in [0.15, 0.2) is 24.5 Å². The summed E-state index contributed by atoms with van der Waals surface area (Å²) in [5.41, 5.74) is 5.94. The Balaban J connectivity index is 2.22. The number of amides is 1. The third kappa shape index (κ3) is 4.02. The molecule has 130 valence electrons. The number of hydrogen-bond acceptors (Lipinski definition) is 6. The molecule has 1 amide bonds. The van der Waals surface area contributed by atoms with Crippen LogP contribution in [0.1, 0.15) is 22.6 Å². The molecule has 1 heterocycles. The molecular weight excluding hydrogens is 310 g/mol. The van der Waals surface area contributed by atoms with Crippen molar-refractivity contribution in [2.45, 2.75) is 13.0 Å². The Morgan fingerprint density at radius 3 is 2.83 bits per heavy atom. The number of hydrogen-bond donors (Lipinski definition) is 1. The lowest BCUT2D eigenvalue weighted by Crippen LogP contribution is -2.28. The van der Waals surface area contributed by atoms with Crippen LogP contribution < -0.4 is 15.2 Å². The Kier molecular flexibility index (Phi) is 6.14. The van der Waals surface area contributed by atoms with Crippen molar-refractivity contribution in [2.75, 3.05) is 27.3 Å². The first-order valence-electron chi connectivity index (χ1n) is 7.66. The normalized spacial score (nSPS) is 10.5. The summed E-state index contributed by atoms with van der Waals surface area (Å²) in [6, 6.07) is 5.24. The van der Waals surface area contributed by atoms with Crippen LogP contribution >= 0.6 is 0 Å².